The lowest BCUT2D eigenvalue weighted by Gasteiger charge is -2.08. The third-order valence-corrected chi connectivity index (χ3v) is 2.79. The highest BCUT2D eigenvalue weighted by Crippen LogP contribution is 2.12. The van der Waals surface area contributed by atoms with Crippen LogP contribution in [0.25, 0.3) is 6.08 Å². The van der Waals surface area contributed by atoms with E-state index in [9.17, 15) is 4.79 Å². The number of aliphatic carboxylic acids is 1. The first-order valence-corrected chi connectivity index (χ1v) is 6.66. The van der Waals surface area contributed by atoms with E-state index < -0.39 is 5.97 Å². The van der Waals surface area contributed by atoms with Gasteiger partial charge in [0.1, 0.15) is 0 Å². The van der Waals surface area contributed by atoms with E-state index >= 15 is 0 Å². The van der Waals surface area contributed by atoms with E-state index in [0.29, 0.717) is 12.5 Å². The standard InChI is InChI=1S/C16H22O3/c1-13(2)6-5-11-19-12-15-8-4-3-7-14(15)9-10-16(17)18/h3-4,7-10,13H,5-6,11-12H2,1-2H3,(H,17,18)/b10-9+. The summed E-state index contributed by atoms with van der Waals surface area (Å²) in [6.07, 6.45) is 4.98. The van der Waals surface area contributed by atoms with Gasteiger partial charge in [0.05, 0.1) is 6.61 Å². The first-order valence-electron chi connectivity index (χ1n) is 6.66. The molecule has 3 heteroatoms. The zero-order chi connectivity index (χ0) is 14.1. The van der Waals surface area contributed by atoms with Gasteiger partial charge in [-0.25, -0.2) is 4.79 Å². The molecule has 1 N–H and O–H groups in total. The zero-order valence-electron chi connectivity index (χ0n) is 11.6. The van der Waals surface area contributed by atoms with Crippen molar-refractivity contribution in [3.05, 3.63) is 41.5 Å². The molecule has 0 spiro atoms. The molecule has 0 amide bonds. The molecule has 0 unspecified atom stereocenters. The predicted molar refractivity (Wildman–Crippen MR) is 76.8 cm³/mol. The number of carboxylic acid groups (broad SMARTS) is 1. The number of hydrogen-bond acceptors (Lipinski definition) is 2. The number of hydrogen-bond donors (Lipinski definition) is 1. The first kappa shape index (κ1) is 15.4. The first-order chi connectivity index (χ1) is 9.09. The molecule has 19 heavy (non-hydrogen) atoms. The van der Waals surface area contributed by atoms with Crippen LogP contribution in [0, 0.1) is 5.92 Å². The van der Waals surface area contributed by atoms with E-state index in [1.54, 1.807) is 6.08 Å². The highest BCUT2D eigenvalue weighted by atomic mass is 16.5. The molecule has 0 heterocycles. The zero-order valence-corrected chi connectivity index (χ0v) is 11.6. The van der Waals surface area contributed by atoms with E-state index in [1.165, 1.54) is 6.42 Å². The lowest BCUT2D eigenvalue weighted by Crippen LogP contribution is -1.99. The van der Waals surface area contributed by atoms with Crippen LogP contribution in [0.5, 0.6) is 0 Å². The van der Waals surface area contributed by atoms with E-state index in [2.05, 4.69) is 13.8 Å². The number of benzene rings is 1. The quantitative estimate of drug-likeness (QED) is 0.573. The molecule has 0 bridgehead atoms. The maximum Gasteiger partial charge on any atom is 0.328 e. The molecule has 3 nitrogen and oxygen atoms in total. The maximum atomic E-state index is 10.5. The Hall–Kier alpha value is -1.61. The van der Waals surface area contributed by atoms with E-state index in [4.69, 9.17) is 9.84 Å². The molecule has 0 aromatic heterocycles. The fraction of sp³-hybridized carbons (Fsp3) is 0.438. The lowest BCUT2D eigenvalue weighted by atomic mass is 10.1. The van der Waals surface area contributed by atoms with Crippen molar-refractivity contribution in [3.63, 3.8) is 0 Å². The molecule has 0 saturated carbocycles. The second-order valence-corrected chi connectivity index (χ2v) is 4.96. The number of rotatable bonds is 8. The van der Waals surface area contributed by atoms with Crippen molar-refractivity contribution in [1.29, 1.82) is 0 Å². The molecule has 0 atom stereocenters. The summed E-state index contributed by atoms with van der Waals surface area (Å²) in [7, 11) is 0. The van der Waals surface area contributed by atoms with Crippen molar-refractivity contribution in [2.24, 2.45) is 5.92 Å². The average Bonchev–Trinajstić information content (AvgIpc) is 2.36. The van der Waals surface area contributed by atoms with Crippen LogP contribution < -0.4 is 0 Å². The van der Waals surface area contributed by atoms with Crippen LogP contribution >= 0.6 is 0 Å². The molecule has 1 aromatic rings. The Bertz CT molecular complexity index is 422. The van der Waals surface area contributed by atoms with Gasteiger partial charge in [-0.05, 0) is 36.0 Å². The topological polar surface area (TPSA) is 46.5 Å². The van der Waals surface area contributed by atoms with Crippen molar-refractivity contribution < 1.29 is 14.6 Å². The van der Waals surface area contributed by atoms with Gasteiger partial charge in [-0.2, -0.15) is 0 Å². The highest BCUT2D eigenvalue weighted by Gasteiger charge is 2.00. The van der Waals surface area contributed by atoms with Crippen LogP contribution in [0.1, 0.15) is 37.8 Å². The second kappa shape index (κ2) is 8.48. The van der Waals surface area contributed by atoms with Gasteiger partial charge in [-0.15, -0.1) is 0 Å². The summed E-state index contributed by atoms with van der Waals surface area (Å²) in [5, 5.41) is 8.65. The molecular weight excluding hydrogens is 240 g/mol. The minimum atomic E-state index is -0.937. The van der Waals surface area contributed by atoms with Crippen LogP contribution in [0.3, 0.4) is 0 Å². The van der Waals surface area contributed by atoms with Gasteiger partial charge >= 0.3 is 5.97 Å². The smallest absolute Gasteiger partial charge is 0.328 e. The molecule has 0 fully saturated rings. The van der Waals surface area contributed by atoms with Gasteiger partial charge in [0.2, 0.25) is 0 Å². The largest absolute Gasteiger partial charge is 0.478 e. The molecule has 104 valence electrons. The highest BCUT2D eigenvalue weighted by molar-refractivity contribution is 5.85. The average molecular weight is 262 g/mol. The molecule has 0 aliphatic heterocycles. The molecular formula is C16H22O3. The normalized spacial score (nSPS) is 11.3. The monoisotopic (exact) mass is 262 g/mol. The van der Waals surface area contributed by atoms with Crippen molar-refractivity contribution in [2.45, 2.75) is 33.3 Å². The SMILES string of the molecule is CC(C)CCCOCc1ccccc1/C=C/C(=O)O. The van der Waals surface area contributed by atoms with Crippen LogP contribution in [0.2, 0.25) is 0 Å². The number of ether oxygens (including phenoxy) is 1. The summed E-state index contributed by atoms with van der Waals surface area (Å²) in [5.74, 6) is -0.234. The van der Waals surface area contributed by atoms with Gasteiger partial charge in [-0.1, -0.05) is 38.1 Å². The third-order valence-electron chi connectivity index (χ3n) is 2.79. The van der Waals surface area contributed by atoms with E-state index in [1.807, 2.05) is 24.3 Å². The molecule has 0 aliphatic rings. The van der Waals surface area contributed by atoms with Crippen LogP contribution in [0.4, 0.5) is 0 Å². The fourth-order valence-electron chi connectivity index (χ4n) is 1.77. The summed E-state index contributed by atoms with van der Waals surface area (Å²) in [5.41, 5.74) is 1.92. The molecule has 0 saturated heterocycles. The van der Waals surface area contributed by atoms with Crippen LogP contribution in [0.15, 0.2) is 30.3 Å². The van der Waals surface area contributed by atoms with E-state index in [0.717, 1.165) is 30.2 Å². The molecule has 0 radical (unpaired) electrons. The van der Waals surface area contributed by atoms with Crippen LogP contribution in [-0.2, 0) is 16.1 Å². The Morgan fingerprint density at radius 2 is 2.11 bits per heavy atom. The number of carboxylic acids is 1. The summed E-state index contributed by atoms with van der Waals surface area (Å²) in [6.45, 7) is 5.67. The Kier molecular flexibility index (Phi) is 6.90. The van der Waals surface area contributed by atoms with Crippen molar-refractivity contribution in [1.82, 2.24) is 0 Å². The Morgan fingerprint density at radius 1 is 1.37 bits per heavy atom. The van der Waals surface area contributed by atoms with Gasteiger partial charge in [0.15, 0.2) is 0 Å². The van der Waals surface area contributed by atoms with Gasteiger partial charge in [0, 0.05) is 12.7 Å². The minimum absolute atomic E-state index is 0.526. The van der Waals surface area contributed by atoms with Crippen molar-refractivity contribution in [2.75, 3.05) is 6.61 Å². The fourth-order valence-corrected chi connectivity index (χ4v) is 1.77. The summed E-state index contributed by atoms with van der Waals surface area (Å²) < 4.78 is 5.64. The van der Waals surface area contributed by atoms with Gasteiger partial charge in [0.25, 0.3) is 0 Å². The van der Waals surface area contributed by atoms with Gasteiger partial charge in [-0.3, -0.25) is 0 Å². The minimum Gasteiger partial charge on any atom is -0.478 e. The van der Waals surface area contributed by atoms with Crippen molar-refractivity contribution >= 4 is 12.0 Å². The maximum absolute atomic E-state index is 10.5. The van der Waals surface area contributed by atoms with Gasteiger partial charge < -0.3 is 9.84 Å². The molecule has 1 aromatic carbocycles. The Labute approximate surface area is 114 Å². The summed E-state index contributed by atoms with van der Waals surface area (Å²) >= 11 is 0. The Balaban J connectivity index is 2.47. The predicted octanol–water partition coefficient (Wildman–Crippen LogP) is 3.74. The number of carbonyl (C=O) groups is 1. The van der Waals surface area contributed by atoms with Crippen LogP contribution in [-0.4, -0.2) is 17.7 Å². The second-order valence-electron chi connectivity index (χ2n) is 4.96. The molecule has 0 aliphatic carbocycles. The third kappa shape index (κ3) is 6.77. The van der Waals surface area contributed by atoms with E-state index in [-0.39, 0.29) is 0 Å². The molecule has 1 rings (SSSR count). The van der Waals surface area contributed by atoms with Crippen molar-refractivity contribution in [3.8, 4) is 0 Å². The lowest BCUT2D eigenvalue weighted by molar-refractivity contribution is -0.131. The Morgan fingerprint density at radius 3 is 2.79 bits per heavy atom. The summed E-state index contributed by atoms with van der Waals surface area (Å²) in [6, 6.07) is 7.69. The summed E-state index contributed by atoms with van der Waals surface area (Å²) in [4.78, 5) is 10.5.